The van der Waals surface area contributed by atoms with Gasteiger partial charge in [0.1, 0.15) is 12.3 Å². The third-order valence-electron chi connectivity index (χ3n) is 6.41. The standard InChI is InChI=1S/C31H29N3O3/c1-36-31(35)30-28(37-21-22-11-3-2-4-12-22)19-18-23(33-30)13-9-10-20-32-29-24-14-5-7-16-26(24)34-27-17-8-6-15-25(27)29/h2-5,7,11-12,14,16,18-19H,6,8,10,15,17,20-21H2,1H3,(H,32,34). The molecular weight excluding hydrogens is 462 g/mol. The topological polar surface area (TPSA) is 73.3 Å². The molecule has 0 atom stereocenters. The van der Waals surface area contributed by atoms with Crippen molar-refractivity contribution in [2.75, 3.05) is 19.0 Å². The maximum Gasteiger partial charge on any atom is 0.360 e. The number of nitrogens with one attached hydrogen (secondary N) is 1. The number of rotatable bonds is 7. The smallest absolute Gasteiger partial charge is 0.360 e. The van der Waals surface area contributed by atoms with Gasteiger partial charge in [0.2, 0.25) is 0 Å². The molecule has 1 N–H and O–H groups in total. The second-order valence-electron chi connectivity index (χ2n) is 8.92. The van der Waals surface area contributed by atoms with E-state index in [2.05, 4.69) is 40.3 Å². The van der Waals surface area contributed by atoms with Gasteiger partial charge in [-0.3, -0.25) is 4.98 Å². The molecule has 0 bridgehead atoms. The molecule has 0 fully saturated rings. The van der Waals surface area contributed by atoms with E-state index in [1.165, 1.54) is 36.9 Å². The maximum absolute atomic E-state index is 12.3. The van der Waals surface area contributed by atoms with Crippen molar-refractivity contribution in [2.24, 2.45) is 0 Å². The molecule has 0 spiro atoms. The lowest BCUT2D eigenvalue weighted by Gasteiger charge is -2.21. The third kappa shape index (κ3) is 5.73. The number of carbonyl (C=O) groups is 1. The number of hydrogen-bond acceptors (Lipinski definition) is 6. The summed E-state index contributed by atoms with van der Waals surface area (Å²) in [5, 5.41) is 4.78. The molecule has 4 aromatic rings. The molecule has 0 radical (unpaired) electrons. The summed E-state index contributed by atoms with van der Waals surface area (Å²) in [7, 11) is 1.33. The number of anilines is 1. The number of ether oxygens (including phenoxy) is 2. The van der Waals surface area contributed by atoms with Crippen molar-refractivity contribution >= 4 is 22.6 Å². The molecule has 2 aromatic heterocycles. The largest absolute Gasteiger partial charge is 0.486 e. The normalized spacial score (nSPS) is 12.2. The molecule has 0 saturated carbocycles. The first-order valence-corrected chi connectivity index (χ1v) is 12.6. The number of fused-ring (bicyclic) bond motifs is 2. The van der Waals surface area contributed by atoms with E-state index < -0.39 is 5.97 Å². The van der Waals surface area contributed by atoms with Crippen LogP contribution >= 0.6 is 0 Å². The Kier molecular flexibility index (Phi) is 7.61. The molecule has 186 valence electrons. The van der Waals surface area contributed by atoms with E-state index in [1.807, 2.05) is 36.4 Å². The highest BCUT2D eigenvalue weighted by atomic mass is 16.5. The molecule has 2 heterocycles. The van der Waals surface area contributed by atoms with Gasteiger partial charge < -0.3 is 14.8 Å². The molecule has 1 aliphatic carbocycles. The van der Waals surface area contributed by atoms with Gasteiger partial charge in [0.25, 0.3) is 0 Å². The fourth-order valence-electron chi connectivity index (χ4n) is 4.59. The number of aromatic nitrogens is 2. The zero-order valence-electron chi connectivity index (χ0n) is 20.9. The van der Waals surface area contributed by atoms with Crippen LogP contribution in [-0.4, -0.2) is 29.6 Å². The van der Waals surface area contributed by atoms with Crippen LogP contribution in [0, 0.1) is 11.8 Å². The van der Waals surface area contributed by atoms with Crippen molar-refractivity contribution in [1.82, 2.24) is 9.97 Å². The first-order chi connectivity index (χ1) is 18.2. The Morgan fingerprint density at radius 3 is 2.65 bits per heavy atom. The van der Waals surface area contributed by atoms with Gasteiger partial charge in [0.15, 0.2) is 11.4 Å². The van der Waals surface area contributed by atoms with Gasteiger partial charge in [0, 0.05) is 29.7 Å². The number of carbonyl (C=O) groups excluding carboxylic acids is 1. The number of benzene rings is 2. The minimum atomic E-state index is -0.553. The van der Waals surface area contributed by atoms with Crippen LogP contribution in [0.15, 0.2) is 66.7 Å². The van der Waals surface area contributed by atoms with Crippen LogP contribution in [0.4, 0.5) is 5.69 Å². The van der Waals surface area contributed by atoms with Gasteiger partial charge >= 0.3 is 5.97 Å². The van der Waals surface area contributed by atoms with Gasteiger partial charge in [-0.05, 0) is 60.9 Å². The van der Waals surface area contributed by atoms with E-state index >= 15 is 0 Å². The van der Waals surface area contributed by atoms with Crippen LogP contribution in [0.5, 0.6) is 5.75 Å². The Balaban J connectivity index is 1.27. The predicted molar refractivity (Wildman–Crippen MR) is 145 cm³/mol. The van der Waals surface area contributed by atoms with Crippen molar-refractivity contribution in [3.63, 3.8) is 0 Å². The minimum absolute atomic E-state index is 0.123. The lowest BCUT2D eigenvalue weighted by molar-refractivity contribution is 0.0588. The molecular formula is C31H29N3O3. The zero-order valence-corrected chi connectivity index (χ0v) is 20.9. The Labute approximate surface area is 217 Å². The molecule has 0 unspecified atom stereocenters. The number of para-hydroxylation sites is 1. The molecule has 6 heteroatoms. The second kappa shape index (κ2) is 11.6. The van der Waals surface area contributed by atoms with E-state index in [0.29, 0.717) is 31.0 Å². The Hall–Kier alpha value is -4.37. The highest BCUT2D eigenvalue weighted by Crippen LogP contribution is 2.33. The first kappa shape index (κ1) is 24.3. The van der Waals surface area contributed by atoms with Crippen LogP contribution in [-0.2, 0) is 24.2 Å². The predicted octanol–water partition coefficient (Wildman–Crippen LogP) is 5.73. The van der Waals surface area contributed by atoms with E-state index in [-0.39, 0.29) is 5.69 Å². The number of aryl methyl sites for hydroxylation is 1. The summed E-state index contributed by atoms with van der Waals surface area (Å²) in [5.74, 6) is 6.07. The van der Waals surface area contributed by atoms with Gasteiger partial charge in [0.05, 0.1) is 12.6 Å². The molecule has 6 nitrogen and oxygen atoms in total. The van der Waals surface area contributed by atoms with Crippen LogP contribution in [0.3, 0.4) is 0 Å². The van der Waals surface area contributed by atoms with Crippen molar-refractivity contribution < 1.29 is 14.3 Å². The summed E-state index contributed by atoms with van der Waals surface area (Å²) < 4.78 is 10.8. The molecule has 37 heavy (non-hydrogen) atoms. The number of nitrogens with zero attached hydrogens (tertiary/aromatic N) is 2. The average molecular weight is 492 g/mol. The summed E-state index contributed by atoms with van der Waals surface area (Å²) in [5.41, 5.74) is 6.40. The average Bonchev–Trinajstić information content (AvgIpc) is 2.95. The first-order valence-electron chi connectivity index (χ1n) is 12.6. The molecule has 0 aliphatic heterocycles. The summed E-state index contributed by atoms with van der Waals surface area (Å²) >= 11 is 0. The maximum atomic E-state index is 12.3. The zero-order chi connectivity index (χ0) is 25.5. The SMILES string of the molecule is COC(=O)c1nc(C#CCCNc2c3c(nc4ccccc24)CCCC3)ccc1OCc1ccccc1. The summed E-state index contributed by atoms with van der Waals surface area (Å²) in [4.78, 5) is 21.6. The molecule has 5 rings (SSSR count). The van der Waals surface area contributed by atoms with E-state index in [1.54, 1.807) is 12.1 Å². The van der Waals surface area contributed by atoms with E-state index in [4.69, 9.17) is 14.5 Å². The van der Waals surface area contributed by atoms with E-state index in [9.17, 15) is 4.79 Å². The lowest BCUT2D eigenvalue weighted by Crippen LogP contribution is -2.12. The van der Waals surface area contributed by atoms with Crippen LogP contribution in [0.2, 0.25) is 0 Å². The number of pyridine rings is 2. The fourth-order valence-corrected chi connectivity index (χ4v) is 4.59. The monoisotopic (exact) mass is 491 g/mol. The Morgan fingerprint density at radius 1 is 0.973 bits per heavy atom. The Bertz CT molecular complexity index is 1470. The van der Waals surface area contributed by atoms with Crippen molar-refractivity contribution in [3.8, 4) is 17.6 Å². The number of hydrogen-bond donors (Lipinski definition) is 1. The highest BCUT2D eigenvalue weighted by molar-refractivity contribution is 5.93. The minimum Gasteiger partial charge on any atom is -0.486 e. The molecule has 0 saturated heterocycles. The third-order valence-corrected chi connectivity index (χ3v) is 6.41. The summed E-state index contributed by atoms with van der Waals surface area (Å²) in [6.45, 7) is 1.03. The van der Waals surface area contributed by atoms with Crippen molar-refractivity contribution in [1.29, 1.82) is 0 Å². The quantitative estimate of drug-likeness (QED) is 0.202. The summed E-state index contributed by atoms with van der Waals surface area (Å²) in [6.07, 6.45) is 5.11. The second-order valence-corrected chi connectivity index (χ2v) is 8.92. The highest BCUT2D eigenvalue weighted by Gasteiger charge is 2.18. The van der Waals surface area contributed by atoms with Crippen molar-refractivity contribution in [2.45, 2.75) is 38.7 Å². The van der Waals surface area contributed by atoms with Gasteiger partial charge in [-0.25, -0.2) is 9.78 Å². The van der Waals surface area contributed by atoms with Crippen LogP contribution in [0.1, 0.15) is 52.3 Å². The summed E-state index contributed by atoms with van der Waals surface area (Å²) in [6, 6.07) is 21.5. The fraction of sp³-hybridized carbons (Fsp3) is 0.258. The lowest BCUT2D eigenvalue weighted by atomic mass is 9.92. The number of methoxy groups -OCH3 is 1. The molecule has 0 amide bonds. The number of esters is 1. The van der Waals surface area contributed by atoms with Crippen molar-refractivity contribution in [3.05, 3.63) is 94.9 Å². The van der Waals surface area contributed by atoms with E-state index in [0.717, 1.165) is 29.3 Å². The molecule has 2 aromatic carbocycles. The van der Waals surface area contributed by atoms with Gasteiger partial charge in [-0.1, -0.05) is 54.5 Å². The molecule has 1 aliphatic rings. The van der Waals surface area contributed by atoms with Gasteiger partial charge in [-0.2, -0.15) is 0 Å². The van der Waals surface area contributed by atoms with Gasteiger partial charge in [-0.15, -0.1) is 0 Å². The Morgan fingerprint density at radius 2 is 1.78 bits per heavy atom. The van der Waals surface area contributed by atoms with Crippen LogP contribution < -0.4 is 10.1 Å². The van der Waals surface area contributed by atoms with Crippen LogP contribution in [0.25, 0.3) is 10.9 Å².